The number of ether oxygens (including phenoxy) is 1. The number of benzene rings is 5. The van der Waals surface area contributed by atoms with E-state index in [0.29, 0.717) is 27.4 Å². The van der Waals surface area contributed by atoms with Crippen molar-refractivity contribution in [1.82, 2.24) is 5.32 Å². The zero-order valence-corrected chi connectivity index (χ0v) is 29.2. The van der Waals surface area contributed by atoms with Gasteiger partial charge in [0.15, 0.2) is 0 Å². The molecule has 0 aliphatic heterocycles. The monoisotopic (exact) mass is 711 g/mol. The number of amides is 3. The fourth-order valence-corrected chi connectivity index (χ4v) is 7.06. The number of nitrogens with one attached hydrogen (secondary N) is 3. The standard InChI is InChI=1S/C41H33N3O5S2/c1-2-49-41(48)37-34(28-13-5-3-6-14-28)25-51-40(37)44-36(45)26-50-32-21-12-20-31(24-32)42-39(47)35(43-38(46)29-16-7-4-8-17-29)23-30-19-11-18-27-15-9-10-22-33(27)30/h3-25H,2,26H2,1H3,(H,42,47)(H,43,46)(H,44,45)/b35-23+. The van der Waals surface area contributed by atoms with Gasteiger partial charge in [-0.25, -0.2) is 4.79 Å². The Balaban J connectivity index is 1.17. The van der Waals surface area contributed by atoms with Crippen molar-refractivity contribution in [3.63, 3.8) is 0 Å². The second-order valence-corrected chi connectivity index (χ2v) is 13.1. The number of fused-ring (bicyclic) bond motifs is 1. The zero-order valence-electron chi connectivity index (χ0n) is 27.6. The lowest BCUT2D eigenvalue weighted by Gasteiger charge is -2.13. The fourth-order valence-electron chi connectivity index (χ4n) is 5.33. The zero-order chi connectivity index (χ0) is 35.6. The number of hydrogen-bond donors (Lipinski definition) is 3. The highest BCUT2D eigenvalue weighted by atomic mass is 32.2. The summed E-state index contributed by atoms with van der Waals surface area (Å²) in [7, 11) is 0. The summed E-state index contributed by atoms with van der Waals surface area (Å²) in [5.74, 6) is -1.67. The van der Waals surface area contributed by atoms with Crippen LogP contribution in [0.1, 0.15) is 33.2 Å². The van der Waals surface area contributed by atoms with Gasteiger partial charge >= 0.3 is 5.97 Å². The van der Waals surface area contributed by atoms with Crippen LogP contribution in [0.2, 0.25) is 0 Å². The molecule has 3 N–H and O–H groups in total. The Morgan fingerprint density at radius 3 is 2.27 bits per heavy atom. The van der Waals surface area contributed by atoms with E-state index in [-0.39, 0.29) is 24.0 Å². The largest absolute Gasteiger partial charge is 0.462 e. The van der Waals surface area contributed by atoms with Gasteiger partial charge in [0.25, 0.3) is 11.8 Å². The maximum absolute atomic E-state index is 13.7. The van der Waals surface area contributed by atoms with E-state index in [2.05, 4.69) is 16.0 Å². The minimum atomic E-state index is -0.509. The number of hydrogen-bond acceptors (Lipinski definition) is 7. The van der Waals surface area contributed by atoms with E-state index in [0.717, 1.165) is 26.8 Å². The minimum Gasteiger partial charge on any atom is -0.462 e. The van der Waals surface area contributed by atoms with Crippen molar-refractivity contribution >= 4 is 74.3 Å². The Hall–Kier alpha value is -5.97. The Kier molecular flexibility index (Phi) is 11.4. The van der Waals surface area contributed by atoms with Crippen LogP contribution in [0.25, 0.3) is 28.0 Å². The number of esters is 1. The Morgan fingerprint density at radius 2 is 1.49 bits per heavy atom. The molecule has 0 bridgehead atoms. The van der Waals surface area contributed by atoms with E-state index in [4.69, 9.17) is 4.74 Å². The summed E-state index contributed by atoms with van der Waals surface area (Å²) in [6.07, 6.45) is 1.67. The molecule has 0 atom stereocenters. The highest BCUT2D eigenvalue weighted by molar-refractivity contribution is 8.00. The number of carbonyl (C=O) groups excluding carboxylic acids is 4. The van der Waals surface area contributed by atoms with Gasteiger partial charge in [-0.3, -0.25) is 14.4 Å². The molecule has 6 rings (SSSR count). The molecule has 1 aromatic heterocycles. The lowest BCUT2D eigenvalue weighted by Crippen LogP contribution is -2.30. The molecule has 0 aliphatic rings. The predicted octanol–water partition coefficient (Wildman–Crippen LogP) is 8.89. The molecular weight excluding hydrogens is 679 g/mol. The van der Waals surface area contributed by atoms with Crippen LogP contribution in [-0.2, 0) is 14.3 Å². The van der Waals surface area contributed by atoms with E-state index in [1.807, 2.05) is 90.3 Å². The third kappa shape index (κ3) is 8.80. The van der Waals surface area contributed by atoms with E-state index in [9.17, 15) is 19.2 Å². The predicted molar refractivity (Wildman–Crippen MR) is 206 cm³/mol. The molecule has 0 aliphatic carbocycles. The van der Waals surface area contributed by atoms with Gasteiger partial charge in [0, 0.05) is 27.1 Å². The van der Waals surface area contributed by atoms with E-state index >= 15 is 0 Å². The molecule has 0 saturated carbocycles. The smallest absolute Gasteiger partial charge is 0.341 e. The molecule has 1 heterocycles. The molecule has 6 aromatic rings. The molecule has 0 spiro atoms. The Bertz CT molecular complexity index is 2230. The number of anilines is 2. The highest BCUT2D eigenvalue weighted by Gasteiger charge is 2.23. The quantitative estimate of drug-likeness (QED) is 0.0664. The van der Waals surface area contributed by atoms with Crippen LogP contribution in [0, 0.1) is 0 Å². The molecule has 254 valence electrons. The van der Waals surface area contributed by atoms with Gasteiger partial charge in [0.05, 0.1) is 12.4 Å². The maximum Gasteiger partial charge on any atom is 0.341 e. The minimum absolute atomic E-state index is 0.0532. The van der Waals surface area contributed by atoms with Crippen molar-refractivity contribution in [2.24, 2.45) is 0 Å². The fraction of sp³-hybridized carbons (Fsp3) is 0.0732. The Morgan fingerprint density at radius 1 is 0.784 bits per heavy atom. The third-order valence-corrected chi connectivity index (χ3v) is 9.61. The van der Waals surface area contributed by atoms with Gasteiger partial charge in [0.1, 0.15) is 16.3 Å². The second kappa shape index (κ2) is 16.6. The van der Waals surface area contributed by atoms with Gasteiger partial charge < -0.3 is 20.7 Å². The van der Waals surface area contributed by atoms with Gasteiger partial charge in [-0.05, 0) is 65.2 Å². The van der Waals surface area contributed by atoms with E-state index < -0.39 is 17.8 Å². The lowest BCUT2D eigenvalue weighted by atomic mass is 10.0. The van der Waals surface area contributed by atoms with Crippen LogP contribution in [-0.4, -0.2) is 36.1 Å². The molecule has 0 saturated heterocycles. The van der Waals surface area contributed by atoms with Crippen LogP contribution in [0.5, 0.6) is 0 Å². The molecule has 0 radical (unpaired) electrons. The molecule has 5 aromatic carbocycles. The molecule has 0 fully saturated rings. The maximum atomic E-state index is 13.7. The molecule has 10 heteroatoms. The van der Waals surface area contributed by atoms with Gasteiger partial charge in [-0.1, -0.05) is 97.1 Å². The van der Waals surface area contributed by atoms with Crippen molar-refractivity contribution in [3.05, 3.63) is 155 Å². The summed E-state index contributed by atoms with van der Waals surface area (Å²) < 4.78 is 5.31. The first kappa shape index (κ1) is 34.9. The van der Waals surface area contributed by atoms with Crippen LogP contribution in [0.3, 0.4) is 0 Å². The molecule has 0 unspecified atom stereocenters. The van der Waals surface area contributed by atoms with Gasteiger partial charge in [0.2, 0.25) is 5.91 Å². The summed E-state index contributed by atoms with van der Waals surface area (Å²) in [4.78, 5) is 53.7. The SMILES string of the molecule is CCOC(=O)c1c(-c2ccccc2)csc1NC(=O)CSc1cccc(NC(=O)/C(=C\c2cccc3ccccc23)NC(=O)c2ccccc2)c1. The van der Waals surface area contributed by atoms with Crippen molar-refractivity contribution in [1.29, 1.82) is 0 Å². The second-order valence-electron chi connectivity index (χ2n) is 11.2. The molecule has 51 heavy (non-hydrogen) atoms. The third-order valence-electron chi connectivity index (χ3n) is 7.72. The van der Waals surface area contributed by atoms with E-state index in [1.54, 1.807) is 55.5 Å². The summed E-state index contributed by atoms with van der Waals surface area (Å²) >= 11 is 2.54. The van der Waals surface area contributed by atoms with Gasteiger partial charge in [-0.2, -0.15) is 0 Å². The van der Waals surface area contributed by atoms with Crippen LogP contribution < -0.4 is 16.0 Å². The summed E-state index contributed by atoms with van der Waals surface area (Å²) in [6.45, 7) is 1.94. The van der Waals surface area contributed by atoms with Crippen LogP contribution in [0.15, 0.2) is 143 Å². The number of rotatable bonds is 12. The number of thiophene rings is 1. The highest BCUT2D eigenvalue weighted by Crippen LogP contribution is 2.36. The van der Waals surface area contributed by atoms with Crippen LogP contribution >= 0.6 is 23.1 Å². The number of thioether (sulfide) groups is 1. The first-order valence-corrected chi connectivity index (χ1v) is 18.0. The summed E-state index contributed by atoms with van der Waals surface area (Å²) in [5.41, 5.74) is 3.61. The van der Waals surface area contributed by atoms with Crippen molar-refractivity contribution < 1.29 is 23.9 Å². The normalized spacial score (nSPS) is 11.1. The summed E-state index contributed by atoms with van der Waals surface area (Å²) in [6, 6.07) is 38.8. The van der Waals surface area contributed by atoms with Crippen molar-refractivity contribution in [2.45, 2.75) is 11.8 Å². The topological polar surface area (TPSA) is 114 Å². The first-order chi connectivity index (χ1) is 24.9. The van der Waals surface area contributed by atoms with Gasteiger partial charge in [-0.15, -0.1) is 23.1 Å². The number of carbonyl (C=O) groups is 4. The van der Waals surface area contributed by atoms with Crippen molar-refractivity contribution in [3.8, 4) is 11.1 Å². The summed E-state index contributed by atoms with van der Waals surface area (Å²) in [5, 5.41) is 12.8. The van der Waals surface area contributed by atoms with Crippen LogP contribution in [0.4, 0.5) is 10.7 Å². The first-order valence-electron chi connectivity index (χ1n) is 16.1. The molecular formula is C41H33N3O5S2. The van der Waals surface area contributed by atoms with Crippen molar-refractivity contribution in [2.75, 3.05) is 23.0 Å². The average Bonchev–Trinajstić information content (AvgIpc) is 3.58. The van der Waals surface area contributed by atoms with E-state index in [1.165, 1.54) is 23.1 Å². The molecule has 3 amide bonds. The lowest BCUT2D eigenvalue weighted by molar-refractivity contribution is -0.114. The molecule has 8 nitrogen and oxygen atoms in total. The Labute approximate surface area is 303 Å². The average molecular weight is 712 g/mol.